The number of aliphatic hydroxyl groups is 1. The van der Waals surface area contributed by atoms with Crippen LogP contribution < -0.4 is 0 Å². The first-order valence-electron chi connectivity index (χ1n) is 9.52. The van der Waals surface area contributed by atoms with Crippen LogP contribution >= 0.6 is 0 Å². The molecular formula is C22H25N3O2. The molecule has 0 saturated carbocycles. The average molecular weight is 363 g/mol. The molecule has 3 aromatic rings. The monoisotopic (exact) mass is 363 g/mol. The van der Waals surface area contributed by atoms with Crippen molar-refractivity contribution in [1.82, 2.24) is 14.9 Å². The lowest BCUT2D eigenvalue weighted by atomic mass is 9.89. The minimum atomic E-state index is -0.568. The van der Waals surface area contributed by atoms with Gasteiger partial charge < -0.3 is 15.0 Å². The quantitative estimate of drug-likeness (QED) is 0.744. The number of amides is 1. The van der Waals surface area contributed by atoms with Crippen LogP contribution in [0.4, 0.5) is 0 Å². The van der Waals surface area contributed by atoms with Gasteiger partial charge in [-0.05, 0) is 62.4 Å². The van der Waals surface area contributed by atoms with Gasteiger partial charge in [-0.1, -0.05) is 17.7 Å². The molecule has 1 aliphatic rings. The van der Waals surface area contributed by atoms with Crippen LogP contribution in [0, 0.1) is 19.8 Å². The number of nitrogens with one attached hydrogen (secondary N) is 1. The summed E-state index contributed by atoms with van der Waals surface area (Å²) in [6.45, 7) is 5.37. The summed E-state index contributed by atoms with van der Waals surface area (Å²) in [5.74, 6) is 0.183. The normalized spacial score (nSPS) is 16.6. The molecule has 27 heavy (non-hydrogen) atoms. The third-order valence-corrected chi connectivity index (χ3v) is 5.69. The fourth-order valence-corrected chi connectivity index (χ4v) is 4.02. The molecule has 0 bridgehead atoms. The number of H-pyrrole nitrogens is 1. The molecule has 5 heteroatoms. The van der Waals surface area contributed by atoms with E-state index in [-0.39, 0.29) is 11.8 Å². The van der Waals surface area contributed by atoms with E-state index in [0.717, 1.165) is 29.3 Å². The highest BCUT2D eigenvalue weighted by molar-refractivity contribution is 6.01. The van der Waals surface area contributed by atoms with Crippen LogP contribution in [-0.4, -0.2) is 39.0 Å². The summed E-state index contributed by atoms with van der Waals surface area (Å²) < 4.78 is 0. The Bertz CT molecular complexity index is 956. The Morgan fingerprint density at radius 1 is 1.22 bits per heavy atom. The van der Waals surface area contributed by atoms with Gasteiger partial charge in [0.05, 0.1) is 11.8 Å². The van der Waals surface area contributed by atoms with E-state index in [1.807, 2.05) is 36.1 Å². The number of pyridine rings is 1. The Kier molecular flexibility index (Phi) is 4.70. The first-order chi connectivity index (χ1) is 13.0. The SMILES string of the molecule is Cc1ccc2[nH]c(C(=O)N3CCC([C@@H](O)c4ccccn4)CC3)c(C)c2c1. The van der Waals surface area contributed by atoms with Gasteiger partial charge in [0.25, 0.3) is 5.91 Å². The van der Waals surface area contributed by atoms with Crippen LogP contribution in [0.2, 0.25) is 0 Å². The average Bonchev–Trinajstić information content (AvgIpc) is 3.04. The van der Waals surface area contributed by atoms with Gasteiger partial charge in [-0.15, -0.1) is 0 Å². The van der Waals surface area contributed by atoms with E-state index >= 15 is 0 Å². The molecule has 0 radical (unpaired) electrons. The lowest BCUT2D eigenvalue weighted by Crippen LogP contribution is -2.40. The van der Waals surface area contributed by atoms with Gasteiger partial charge in [0.15, 0.2) is 0 Å². The van der Waals surface area contributed by atoms with Gasteiger partial charge in [0, 0.05) is 30.2 Å². The lowest BCUT2D eigenvalue weighted by Gasteiger charge is -2.34. The first-order valence-corrected chi connectivity index (χ1v) is 9.52. The molecule has 0 spiro atoms. The number of likely N-dealkylation sites (tertiary alicyclic amines) is 1. The topological polar surface area (TPSA) is 69.2 Å². The van der Waals surface area contributed by atoms with Crippen LogP contribution in [0.3, 0.4) is 0 Å². The Hall–Kier alpha value is -2.66. The van der Waals surface area contributed by atoms with Crippen LogP contribution in [0.25, 0.3) is 10.9 Å². The summed E-state index contributed by atoms with van der Waals surface area (Å²) in [4.78, 5) is 22.5. The van der Waals surface area contributed by atoms with E-state index in [1.165, 1.54) is 5.56 Å². The third-order valence-electron chi connectivity index (χ3n) is 5.69. The number of hydrogen-bond acceptors (Lipinski definition) is 3. The number of piperidine rings is 1. The molecule has 1 amide bonds. The van der Waals surface area contributed by atoms with Crippen LogP contribution in [0.15, 0.2) is 42.6 Å². The number of aromatic nitrogens is 2. The molecule has 140 valence electrons. The van der Waals surface area contributed by atoms with Crippen molar-refractivity contribution in [3.63, 3.8) is 0 Å². The predicted octanol–water partition coefficient (Wildman–Crippen LogP) is 3.77. The lowest BCUT2D eigenvalue weighted by molar-refractivity contribution is 0.0444. The molecule has 2 aromatic heterocycles. The molecule has 1 aliphatic heterocycles. The number of benzene rings is 1. The van der Waals surface area contributed by atoms with Crippen LogP contribution in [-0.2, 0) is 0 Å². The minimum absolute atomic E-state index is 0.0483. The van der Waals surface area contributed by atoms with Crippen LogP contribution in [0.5, 0.6) is 0 Å². The number of aromatic amines is 1. The van der Waals surface area contributed by atoms with Crippen LogP contribution in [0.1, 0.15) is 46.3 Å². The molecule has 3 heterocycles. The number of hydrogen-bond donors (Lipinski definition) is 2. The second-order valence-electron chi connectivity index (χ2n) is 7.50. The highest BCUT2D eigenvalue weighted by Crippen LogP contribution is 2.31. The smallest absolute Gasteiger partial charge is 0.270 e. The maximum Gasteiger partial charge on any atom is 0.270 e. The zero-order valence-corrected chi connectivity index (χ0v) is 15.8. The van der Waals surface area contributed by atoms with Crippen molar-refractivity contribution in [2.75, 3.05) is 13.1 Å². The Balaban J connectivity index is 1.47. The summed E-state index contributed by atoms with van der Waals surface area (Å²) in [5.41, 5.74) is 4.59. The van der Waals surface area contributed by atoms with Crippen molar-refractivity contribution in [2.45, 2.75) is 32.8 Å². The van der Waals surface area contributed by atoms with Crippen molar-refractivity contribution in [3.8, 4) is 0 Å². The van der Waals surface area contributed by atoms with Crippen molar-refractivity contribution < 1.29 is 9.90 Å². The van der Waals surface area contributed by atoms with E-state index in [0.29, 0.717) is 24.5 Å². The van der Waals surface area contributed by atoms with Gasteiger partial charge in [0.2, 0.25) is 0 Å². The van der Waals surface area contributed by atoms with Crippen molar-refractivity contribution in [3.05, 3.63) is 65.1 Å². The van der Waals surface area contributed by atoms with Gasteiger partial charge in [-0.2, -0.15) is 0 Å². The second kappa shape index (κ2) is 7.16. The third kappa shape index (κ3) is 3.35. The molecule has 1 fully saturated rings. The molecule has 1 atom stereocenters. The maximum absolute atomic E-state index is 13.0. The predicted molar refractivity (Wildman–Crippen MR) is 106 cm³/mol. The molecule has 2 N–H and O–H groups in total. The van der Waals surface area contributed by atoms with E-state index in [9.17, 15) is 9.90 Å². The summed E-state index contributed by atoms with van der Waals surface area (Å²) in [7, 11) is 0. The van der Waals surface area contributed by atoms with Gasteiger partial charge in [-0.3, -0.25) is 9.78 Å². The highest BCUT2D eigenvalue weighted by atomic mass is 16.3. The Morgan fingerprint density at radius 2 is 2.00 bits per heavy atom. The standard InChI is InChI=1S/C22H25N3O2/c1-14-6-7-18-17(13-14)15(2)20(24-18)22(27)25-11-8-16(9-12-25)21(26)19-5-3-4-10-23-19/h3-7,10,13,16,21,24,26H,8-9,11-12H2,1-2H3/t21-/m1/s1. The van der Waals surface area contributed by atoms with Crippen molar-refractivity contribution in [1.29, 1.82) is 0 Å². The van der Waals surface area contributed by atoms with Gasteiger partial charge >= 0.3 is 0 Å². The first kappa shape index (κ1) is 17.7. The van der Waals surface area contributed by atoms with Crippen molar-refractivity contribution >= 4 is 16.8 Å². The summed E-state index contributed by atoms with van der Waals surface area (Å²) >= 11 is 0. The number of fused-ring (bicyclic) bond motifs is 1. The van der Waals surface area contributed by atoms with E-state index < -0.39 is 6.10 Å². The number of carbonyl (C=O) groups excluding carboxylic acids is 1. The molecule has 4 rings (SSSR count). The summed E-state index contributed by atoms with van der Waals surface area (Å²) in [6.07, 6.45) is 2.70. The fraction of sp³-hybridized carbons (Fsp3) is 0.364. The molecular weight excluding hydrogens is 338 g/mol. The Labute approximate surface area is 159 Å². The second-order valence-corrected chi connectivity index (χ2v) is 7.50. The summed E-state index contributed by atoms with van der Waals surface area (Å²) in [5, 5.41) is 11.7. The number of aliphatic hydroxyl groups excluding tert-OH is 1. The zero-order chi connectivity index (χ0) is 19.0. The number of rotatable bonds is 3. The van der Waals surface area contributed by atoms with E-state index in [2.05, 4.69) is 29.0 Å². The number of nitrogens with zero attached hydrogens (tertiary/aromatic N) is 2. The molecule has 1 aromatic carbocycles. The molecule has 0 unspecified atom stereocenters. The zero-order valence-electron chi connectivity index (χ0n) is 15.8. The van der Waals surface area contributed by atoms with Gasteiger partial charge in [-0.25, -0.2) is 0 Å². The minimum Gasteiger partial charge on any atom is -0.387 e. The van der Waals surface area contributed by atoms with Gasteiger partial charge in [0.1, 0.15) is 5.69 Å². The molecule has 1 saturated heterocycles. The highest BCUT2D eigenvalue weighted by Gasteiger charge is 2.30. The fourth-order valence-electron chi connectivity index (χ4n) is 4.02. The summed E-state index contributed by atoms with van der Waals surface area (Å²) in [6, 6.07) is 11.8. The molecule has 0 aliphatic carbocycles. The number of carbonyl (C=O) groups is 1. The maximum atomic E-state index is 13.0. The van der Waals surface area contributed by atoms with E-state index in [1.54, 1.807) is 6.20 Å². The molecule has 5 nitrogen and oxygen atoms in total. The van der Waals surface area contributed by atoms with Crippen molar-refractivity contribution in [2.24, 2.45) is 5.92 Å². The Morgan fingerprint density at radius 3 is 2.70 bits per heavy atom. The largest absolute Gasteiger partial charge is 0.387 e. The van der Waals surface area contributed by atoms with E-state index in [4.69, 9.17) is 0 Å². The number of aryl methyl sites for hydroxylation is 2.